The standard InChI is InChI=1S/C11H12F3NO3/c1-5(15)10(16)6-2-8-9(18-4-17-8)3-7(6)11(12,13)14/h2-3,5,10,16H,4,15H2,1H3. The van der Waals surface area contributed by atoms with E-state index in [0.717, 1.165) is 12.1 Å². The number of halogens is 3. The van der Waals surface area contributed by atoms with E-state index >= 15 is 0 Å². The van der Waals surface area contributed by atoms with Crippen molar-refractivity contribution < 1.29 is 27.8 Å². The van der Waals surface area contributed by atoms with Crippen molar-refractivity contribution in [3.05, 3.63) is 23.3 Å². The molecule has 0 saturated heterocycles. The molecule has 0 aromatic heterocycles. The van der Waals surface area contributed by atoms with E-state index < -0.39 is 23.9 Å². The van der Waals surface area contributed by atoms with Gasteiger partial charge in [0.2, 0.25) is 6.79 Å². The fraction of sp³-hybridized carbons (Fsp3) is 0.455. The minimum Gasteiger partial charge on any atom is -0.454 e. The van der Waals surface area contributed by atoms with Crippen molar-refractivity contribution in [2.24, 2.45) is 5.73 Å². The lowest BCUT2D eigenvalue weighted by molar-refractivity contribution is -0.139. The maximum absolute atomic E-state index is 12.9. The predicted octanol–water partition coefficient (Wildman–Crippen LogP) is 1.81. The van der Waals surface area contributed by atoms with E-state index in [1.807, 2.05) is 0 Å². The second-order valence-electron chi connectivity index (χ2n) is 4.09. The Balaban J connectivity index is 2.55. The molecule has 1 aliphatic rings. The van der Waals surface area contributed by atoms with Gasteiger partial charge in [0.1, 0.15) is 0 Å². The van der Waals surface area contributed by atoms with Gasteiger partial charge < -0.3 is 20.3 Å². The first-order valence-corrected chi connectivity index (χ1v) is 5.25. The number of rotatable bonds is 2. The molecule has 0 saturated carbocycles. The molecule has 2 atom stereocenters. The van der Waals surface area contributed by atoms with Crippen molar-refractivity contribution in [2.75, 3.05) is 6.79 Å². The van der Waals surface area contributed by atoms with Crippen LogP contribution < -0.4 is 15.2 Å². The molecule has 0 spiro atoms. The van der Waals surface area contributed by atoms with Crippen molar-refractivity contribution in [2.45, 2.75) is 25.2 Å². The van der Waals surface area contributed by atoms with Gasteiger partial charge in [-0.25, -0.2) is 0 Å². The van der Waals surface area contributed by atoms with Crippen molar-refractivity contribution >= 4 is 0 Å². The van der Waals surface area contributed by atoms with Gasteiger partial charge in [-0.15, -0.1) is 0 Å². The third kappa shape index (κ3) is 2.23. The second-order valence-corrected chi connectivity index (χ2v) is 4.09. The maximum atomic E-state index is 12.9. The summed E-state index contributed by atoms with van der Waals surface area (Å²) in [5, 5.41) is 9.75. The van der Waals surface area contributed by atoms with Crippen LogP contribution in [0, 0.1) is 0 Å². The normalized spacial score (nSPS) is 17.7. The number of fused-ring (bicyclic) bond motifs is 1. The first-order chi connectivity index (χ1) is 8.30. The predicted molar refractivity (Wildman–Crippen MR) is 56.2 cm³/mol. The fourth-order valence-electron chi connectivity index (χ4n) is 1.73. The zero-order chi connectivity index (χ0) is 13.5. The summed E-state index contributed by atoms with van der Waals surface area (Å²) in [6, 6.07) is 1.12. The van der Waals surface area contributed by atoms with Crippen molar-refractivity contribution in [1.82, 2.24) is 0 Å². The van der Waals surface area contributed by atoms with E-state index in [-0.39, 0.29) is 23.9 Å². The molecule has 18 heavy (non-hydrogen) atoms. The van der Waals surface area contributed by atoms with Gasteiger partial charge in [0, 0.05) is 6.04 Å². The average Bonchev–Trinajstić information content (AvgIpc) is 2.71. The summed E-state index contributed by atoms with van der Waals surface area (Å²) in [6.45, 7) is 1.29. The lowest BCUT2D eigenvalue weighted by Gasteiger charge is -2.20. The van der Waals surface area contributed by atoms with Crippen LogP contribution in [0.2, 0.25) is 0 Å². The quantitative estimate of drug-likeness (QED) is 0.854. The van der Waals surface area contributed by atoms with E-state index in [1.54, 1.807) is 0 Å². The summed E-state index contributed by atoms with van der Waals surface area (Å²) in [5.41, 5.74) is 4.17. The summed E-state index contributed by atoms with van der Waals surface area (Å²) in [4.78, 5) is 0. The van der Waals surface area contributed by atoms with Crippen LogP contribution in [0.3, 0.4) is 0 Å². The Morgan fingerprint density at radius 3 is 2.33 bits per heavy atom. The maximum Gasteiger partial charge on any atom is 0.416 e. The number of aliphatic hydroxyl groups is 1. The minimum absolute atomic E-state index is 0.0166. The van der Waals surface area contributed by atoms with Gasteiger partial charge in [-0.2, -0.15) is 13.2 Å². The lowest BCUT2D eigenvalue weighted by atomic mass is 9.97. The molecule has 1 aliphatic heterocycles. The SMILES string of the molecule is CC(N)C(O)c1cc2c(cc1C(F)(F)F)OCO2. The van der Waals surface area contributed by atoms with Gasteiger partial charge in [-0.05, 0) is 24.6 Å². The smallest absolute Gasteiger partial charge is 0.416 e. The largest absolute Gasteiger partial charge is 0.454 e. The molecule has 0 fully saturated rings. The highest BCUT2D eigenvalue weighted by molar-refractivity contribution is 5.50. The molecule has 1 aromatic rings. The molecule has 3 N–H and O–H groups in total. The lowest BCUT2D eigenvalue weighted by Crippen LogP contribution is -2.26. The Bertz CT molecular complexity index is 460. The molecule has 1 aromatic carbocycles. The van der Waals surface area contributed by atoms with E-state index in [4.69, 9.17) is 15.2 Å². The van der Waals surface area contributed by atoms with Crippen LogP contribution in [0.4, 0.5) is 13.2 Å². The monoisotopic (exact) mass is 263 g/mol. The number of alkyl halides is 3. The van der Waals surface area contributed by atoms with Gasteiger partial charge >= 0.3 is 6.18 Å². The molecular weight excluding hydrogens is 251 g/mol. The van der Waals surface area contributed by atoms with E-state index in [9.17, 15) is 18.3 Å². The summed E-state index contributed by atoms with van der Waals surface area (Å²) >= 11 is 0. The molecule has 2 rings (SSSR count). The summed E-state index contributed by atoms with van der Waals surface area (Å²) in [6.07, 6.45) is -6.01. The van der Waals surface area contributed by atoms with Crippen LogP contribution in [0.15, 0.2) is 12.1 Å². The number of benzene rings is 1. The van der Waals surface area contributed by atoms with Crippen LogP contribution in [-0.4, -0.2) is 17.9 Å². The van der Waals surface area contributed by atoms with E-state index in [0.29, 0.717) is 0 Å². The molecule has 100 valence electrons. The topological polar surface area (TPSA) is 64.7 Å². The van der Waals surface area contributed by atoms with Crippen LogP contribution >= 0.6 is 0 Å². The number of aliphatic hydroxyl groups excluding tert-OH is 1. The Hall–Kier alpha value is -1.47. The molecule has 4 nitrogen and oxygen atoms in total. The summed E-state index contributed by atoms with van der Waals surface area (Å²) < 4.78 is 48.6. The third-order valence-corrected chi connectivity index (χ3v) is 2.67. The molecule has 7 heteroatoms. The molecule has 0 aliphatic carbocycles. The highest BCUT2D eigenvalue weighted by atomic mass is 19.4. The van der Waals surface area contributed by atoms with Crippen molar-refractivity contribution in [3.8, 4) is 11.5 Å². The highest BCUT2D eigenvalue weighted by Crippen LogP contribution is 2.43. The first kappa shape index (κ1) is 13.0. The van der Waals surface area contributed by atoms with Crippen molar-refractivity contribution in [3.63, 3.8) is 0 Å². The Morgan fingerprint density at radius 2 is 1.83 bits per heavy atom. The summed E-state index contributed by atoms with van der Waals surface area (Å²) in [7, 11) is 0. The number of ether oxygens (including phenoxy) is 2. The van der Waals surface area contributed by atoms with Crippen LogP contribution in [0.25, 0.3) is 0 Å². The highest BCUT2D eigenvalue weighted by Gasteiger charge is 2.38. The summed E-state index contributed by atoms with van der Waals surface area (Å²) in [5.74, 6) is 0.195. The van der Waals surface area contributed by atoms with Crippen LogP contribution in [-0.2, 0) is 6.18 Å². The van der Waals surface area contributed by atoms with Gasteiger partial charge in [-0.1, -0.05) is 0 Å². The van der Waals surface area contributed by atoms with Gasteiger partial charge in [-0.3, -0.25) is 0 Å². The fourth-order valence-corrected chi connectivity index (χ4v) is 1.73. The Kier molecular flexibility index (Phi) is 3.12. The number of nitrogens with two attached hydrogens (primary N) is 1. The van der Waals surface area contributed by atoms with Gasteiger partial charge in [0.15, 0.2) is 11.5 Å². The molecule has 2 unspecified atom stereocenters. The molecule has 0 radical (unpaired) electrons. The molecule has 0 bridgehead atoms. The van der Waals surface area contributed by atoms with Gasteiger partial charge in [0.25, 0.3) is 0 Å². The first-order valence-electron chi connectivity index (χ1n) is 5.25. The Labute approximate surface area is 101 Å². The number of hydrogen-bond donors (Lipinski definition) is 2. The van der Waals surface area contributed by atoms with Crippen LogP contribution in [0.1, 0.15) is 24.2 Å². The Morgan fingerprint density at radius 1 is 1.28 bits per heavy atom. The average molecular weight is 263 g/mol. The second kappa shape index (κ2) is 4.33. The van der Waals surface area contributed by atoms with Crippen molar-refractivity contribution in [1.29, 1.82) is 0 Å². The van der Waals surface area contributed by atoms with E-state index in [1.165, 1.54) is 6.92 Å². The molecular formula is C11H12F3NO3. The van der Waals surface area contributed by atoms with Gasteiger partial charge in [0.05, 0.1) is 11.7 Å². The minimum atomic E-state index is -4.59. The van der Waals surface area contributed by atoms with E-state index in [2.05, 4.69) is 0 Å². The van der Waals surface area contributed by atoms with Crippen LogP contribution in [0.5, 0.6) is 11.5 Å². The third-order valence-electron chi connectivity index (χ3n) is 2.67. The molecule has 1 heterocycles. The zero-order valence-electron chi connectivity index (χ0n) is 9.49. The molecule has 0 amide bonds. The zero-order valence-corrected chi connectivity index (χ0v) is 9.49. The number of hydrogen-bond acceptors (Lipinski definition) is 4.